The molecule has 0 aliphatic heterocycles. The normalized spacial score (nSPS) is 12.8. The van der Waals surface area contributed by atoms with Crippen LogP contribution in [0.4, 0.5) is 5.69 Å². The molecule has 0 fully saturated rings. The fourth-order valence-electron chi connectivity index (χ4n) is 2.66. The molecule has 0 saturated heterocycles. The zero-order valence-electron chi connectivity index (χ0n) is 14.7. The molecule has 130 valence electrons. The van der Waals surface area contributed by atoms with Crippen molar-refractivity contribution in [3.8, 4) is 0 Å². The molecule has 24 heavy (non-hydrogen) atoms. The first-order valence-electron chi connectivity index (χ1n) is 8.68. The van der Waals surface area contributed by atoms with Crippen molar-refractivity contribution in [2.75, 3.05) is 4.72 Å². The molecule has 1 N–H and O–H groups in total. The molecule has 0 bridgehead atoms. The lowest BCUT2D eigenvalue weighted by Gasteiger charge is -2.16. The van der Waals surface area contributed by atoms with Gasteiger partial charge in [-0.15, -0.1) is 0 Å². The highest BCUT2D eigenvalue weighted by molar-refractivity contribution is 7.92. The van der Waals surface area contributed by atoms with E-state index in [-0.39, 0.29) is 0 Å². The van der Waals surface area contributed by atoms with Crippen LogP contribution in [0.2, 0.25) is 0 Å². The molecule has 0 aliphatic rings. The van der Waals surface area contributed by atoms with Crippen LogP contribution in [0.25, 0.3) is 0 Å². The molecular weight excluding hydrogens is 318 g/mol. The van der Waals surface area contributed by atoms with Gasteiger partial charge in [0, 0.05) is 0 Å². The van der Waals surface area contributed by atoms with E-state index in [4.69, 9.17) is 0 Å². The number of hydrogen-bond acceptors (Lipinski definition) is 2. The van der Waals surface area contributed by atoms with Gasteiger partial charge in [-0.1, -0.05) is 57.5 Å². The van der Waals surface area contributed by atoms with Gasteiger partial charge in [-0.3, -0.25) is 4.72 Å². The molecule has 0 aromatic heterocycles. The van der Waals surface area contributed by atoms with Gasteiger partial charge in [-0.2, -0.15) is 0 Å². The fraction of sp³-hybridized carbons (Fsp3) is 0.400. The van der Waals surface area contributed by atoms with Crippen molar-refractivity contribution in [2.45, 2.75) is 57.3 Å². The third kappa shape index (κ3) is 4.60. The first kappa shape index (κ1) is 18.5. The van der Waals surface area contributed by atoms with E-state index in [0.717, 1.165) is 31.2 Å². The predicted molar refractivity (Wildman–Crippen MR) is 101 cm³/mol. The SMILES string of the molecule is CCCCc1ccc(S(=O)(=O)Nc2ccccc2C(C)CC)cc1. The van der Waals surface area contributed by atoms with Crippen molar-refractivity contribution >= 4 is 15.7 Å². The fourth-order valence-corrected chi connectivity index (χ4v) is 3.75. The van der Waals surface area contributed by atoms with Crippen LogP contribution < -0.4 is 4.72 Å². The monoisotopic (exact) mass is 345 g/mol. The molecule has 0 amide bonds. The highest BCUT2D eigenvalue weighted by atomic mass is 32.2. The summed E-state index contributed by atoms with van der Waals surface area (Å²) in [4.78, 5) is 0.307. The molecular formula is C20H27NO2S. The van der Waals surface area contributed by atoms with Crippen molar-refractivity contribution in [1.82, 2.24) is 0 Å². The van der Waals surface area contributed by atoms with Gasteiger partial charge in [0.15, 0.2) is 0 Å². The number of unbranched alkanes of at least 4 members (excludes halogenated alkanes) is 1. The zero-order valence-corrected chi connectivity index (χ0v) is 15.6. The number of hydrogen-bond donors (Lipinski definition) is 1. The second kappa shape index (κ2) is 8.34. The summed E-state index contributed by atoms with van der Waals surface area (Å²) in [7, 11) is -3.56. The number of nitrogens with one attached hydrogen (secondary N) is 1. The van der Waals surface area contributed by atoms with Crippen LogP contribution in [0.3, 0.4) is 0 Å². The highest BCUT2D eigenvalue weighted by Crippen LogP contribution is 2.28. The van der Waals surface area contributed by atoms with Gasteiger partial charge in [0.1, 0.15) is 0 Å². The van der Waals surface area contributed by atoms with Crippen LogP contribution in [-0.4, -0.2) is 8.42 Å². The van der Waals surface area contributed by atoms with E-state index in [1.54, 1.807) is 12.1 Å². The van der Waals surface area contributed by atoms with Crippen LogP contribution >= 0.6 is 0 Å². The highest BCUT2D eigenvalue weighted by Gasteiger charge is 2.17. The Bertz CT molecular complexity index is 751. The first-order chi connectivity index (χ1) is 11.5. The van der Waals surface area contributed by atoms with Gasteiger partial charge in [0.05, 0.1) is 10.6 Å². The summed E-state index contributed by atoms with van der Waals surface area (Å²) in [6, 6.07) is 14.8. The third-order valence-electron chi connectivity index (χ3n) is 4.40. The Morgan fingerprint density at radius 2 is 1.67 bits per heavy atom. The minimum Gasteiger partial charge on any atom is -0.279 e. The molecule has 3 nitrogen and oxygen atoms in total. The number of para-hydroxylation sites is 1. The molecule has 0 saturated carbocycles. The number of aryl methyl sites for hydroxylation is 1. The topological polar surface area (TPSA) is 46.2 Å². The summed E-state index contributed by atoms with van der Waals surface area (Å²) < 4.78 is 28.1. The van der Waals surface area contributed by atoms with E-state index in [2.05, 4.69) is 25.5 Å². The maximum absolute atomic E-state index is 12.7. The molecule has 4 heteroatoms. The van der Waals surface area contributed by atoms with Gasteiger partial charge >= 0.3 is 0 Å². The Balaban J connectivity index is 2.23. The Kier molecular flexibility index (Phi) is 6.44. The summed E-state index contributed by atoms with van der Waals surface area (Å²) in [5.41, 5.74) is 2.88. The second-order valence-corrected chi connectivity index (χ2v) is 7.93. The summed E-state index contributed by atoms with van der Waals surface area (Å²) >= 11 is 0. The smallest absolute Gasteiger partial charge is 0.261 e. The van der Waals surface area contributed by atoms with Crippen LogP contribution in [0, 0.1) is 0 Å². The van der Waals surface area contributed by atoms with Gasteiger partial charge in [0.2, 0.25) is 0 Å². The number of anilines is 1. The standard InChI is InChI=1S/C20H27NO2S/c1-4-6-9-17-12-14-18(15-13-17)24(22,23)21-20-11-8-7-10-19(20)16(3)5-2/h7-8,10-16,21H,4-6,9H2,1-3H3. The quantitative estimate of drug-likeness (QED) is 0.701. The second-order valence-electron chi connectivity index (χ2n) is 6.25. The molecule has 2 aromatic rings. The van der Waals surface area contributed by atoms with Crippen LogP contribution in [0.5, 0.6) is 0 Å². The van der Waals surface area contributed by atoms with Crippen molar-refractivity contribution in [3.05, 3.63) is 59.7 Å². The lowest BCUT2D eigenvalue weighted by Crippen LogP contribution is -2.14. The molecule has 0 heterocycles. The summed E-state index contributed by atoms with van der Waals surface area (Å²) in [5.74, 6) is 0.306. The van der Waals surface area contributed by atoms with Crippen molar-refractivity contribution in [2.24, 2.45) is 0 Å². The Morgan fingerprint density at radius 3 is 2.29 bits per heavy atom. The number of benzene rings is 2. The van der Waals surface area contributed by atoms with E-state index in [0.29, 0.717) is 16.5 Å². The summed E-state index contributed by atoms with van der Waals surface area (Å²) in [6.07, 6.45) is 4.20. The van der Waals surface area contributed by atoms with Crippen LogP contribution in [0.1, 0.15) is 57.1 Å². The Morgan fingerprint density at radius 1 is 1.00 bits per heavy atom. The van der Waals surface area contributed by atoms with E-state index in [1.165, 1.54) is 5.56 Å². The number of rotatable bonds is 8. The van der Waals surface area contributed by atoms with Gasteiger partial charge in [0.25, 0.3) is 10.0 Å². The van der Waals surface area contributed by atoms with Crippen molar-refractivity contribution in [3.63, 3.8) is 0 Å². The predicted octanol–water partition coefficient (Wildman–Crippen LogP) is 5.34. The molecule has 2 aromatic carbocycles. The number of sulfonamides is 1. The van der Waals surface area contributed by atoms with E-state index in [1.807, 2.05) is 36.4 Å². The van der Waals surface area contributed by atoms with E-state index >= 15 is 0 Å². The lowest BCUT2D eigenvalue weighted by atomic mass is 9.97. The molecule has 0 aliphatic carbocycles. The Labute approximate surface area is 146 Å². The first-order valence-corrected chi connectivity index (χ1v) is 10.2. The van der Waals surface area contributed by atoms with E-state index < -0.39 is 10.0 Å². The molecule has 1 unspecified atom stereocenters. The minimum atomic E-state index is -3.56. The van der Waals surface area contributed by atoms with E-state index in [9.17, 15) is 8.42 Å². The molecule has 2 rings (SSSR count). The van der Waals surface area contributed by atoms with Crippen molar-refractivity contribution < 1.29 is 8.42 Å². The largest absolute Gasteiger partial charge is 0.279 e. The average Bonchev–Trinajstić information content (AvgIpc) is 2.60. The molecule has 0 radical (unpaired) electrons. The average molecular weight is 346 g/mol. The van der Waals surface area contributed by atoms with Crippen LogP contribution in [-0.2, 0) is 16.4 Å². The van der Waals surface area contributed by atoms with Crippen molar-refractivity contribution in [1.29, 1.82) is 0 Å². The molecule has 1 atom stereocenters. The summed E-state index contributed by atoms with van der Waals surface area (Å²) in [5, 5.41) is 0. The van der Waals surface area contributed by atoms with Gasteiger partial charge in [-0.25, -0.2) is 8.42 Å². The van der Waals surface area contributed by atoms with Gasteiger partial charge in [-0.05, 0) is 54.5 Å². The maximum atomic E-state index is 12.7. The third-order valence-corrected chi connectivity index (χ3v) is 5.78. The molecule has 0 spiro atoms. The van der Waals surface area contributed by atoms with Crippen LogP contribution in [0.15, 0.2) is 53.4 Å². The Hall–Kier alpha value is -1.81. The summed E-state index contributed by atoms with van der Waals surface area (Å²) in [6.45, 7) is 6.36. The minimum absolute atomic E-state index is 0.306. The lowest BCUT2D eigenvalue weighted by molar-refractivity contribution is 0.601. The van der Waals surface area contributed by atoms with Gasteiger partial charge < -0.3 is 0 Å². The maximum Gasteiger partial charge on any atom is 0.261 e. The zero-order chi connectivity index (χ0) is 17.6.